The summed E-state index contributed by atoms with van der Waals surface area (Å²) in [6, 6.07) is 1.08. The van der Waals surface area contributed by atoms with E-state index in [2.05, 4.69) is 11.9 Å². The van der Waals surface area contributed by atoms with Crippen molar-refractivity contribution in [2.24, 2.45) is 0 Å². The topological polar surface area (TPSA) is 15.3 Å². The molecule has 144 valence electrons. The lowest BCUT2D eigenvalue weighted by Gasteiger charge is -2.35. The van der Waals surface area contributed by atoms with E-state index < -0.39 is 28.6 Å². The number of piperazine rings is 1. The predicted octanol–water partition coefficient (Wildman–Crippen LogP) is 5.25. The molecule has 0 unspecified atom stereocenters. The Morgan fingerprint density at radius 2 is 1.84 bits per heavy atom. The van der Waals surface area contributed by atoms with Gasteiger partial charge in [0.1, 0.15) is 5.82 Å². The minimum Gasteiger partial charge on any atom is -0.314 e. The van der Waals surface area contributed by atoms with Crippen LogP contribution in [-0.4, -0.2) is 31.1 Å². The van der Waals surface area contributed by atoms with Crippen LogP contribution >= 0.6 is 36.4 Å². The van der Waals surface area contributed by atoms with Crippen LogP contribution < -0.4 is 5.32 Å². The number of allylic oxidation sites excluding steroid dienone is 1. The summed E-state index contributed by atoms with van der Waals surface area (Å²) >= 11 is 5.72. The van der Waals surface area contributed by atoms with Crippen LogP contribution in [0.25, 0.3) is 0 Å². The first-order valence-electron chi connectivity index (χ1n) is 7.46. The van der Waals surface area contributed by atoms with Crippen molar-refractivity contribution in [1.29, 1.82) is 0 Å². The van der Waals surface area contributed by atoms with Gasteiger partial charge in [-0.25, -0.2) is 4.39 Å². The van der Waals surface area contributed by atoms with E-state index in [9.17, 15) is 17.6 Å². The Balaban J connectivity index is 0.00000288. The lowest BCUT2D eigenvalue weighted by Crippen LogP contribution is -2.45. The molecule has 1 aliphatic heterocycles. The second kappa shape index (κ2) is 10.6. The maximum absolute atomic E-state index is 14.4. The molecule has 1 fully saturated rings. The zero-order chi connectivity index (χ0) is 17.0. The van der Waals surface area contributed by atoms with Crippen molar-refractivity contribution in [3.63, 3.8) is 0 Å². The monoisotopic (exact) mass is 422 g/mol. The van der Waals surface area contributed by atoms with Gasteiger partial charge in [-0.2, -0.15) is 13.2 Å². The minimum atomic E-state index is -4.56. The molecule has 1 aliphatic rings. The van der Waals surface area contributed by atoms with Crippen LogP contribution in [0, 0.1) is 5.82 Å². The number of hydrogen-bond acceptors (Lipinski definition) is 2. The summed E-state index contributed by atoms with van der Waals surface area (Å²) in [7, 11) is 0. The van der Waals surface area contributed by atoms with Crippen LogP contribution in [0.15, 0.2) is 24.8 Å². The zero-order valence-electron chi connectivity index (χ0n) is 13.4. The van der Waals surface area contributed by atoms with Gasteiger partial charge in [-0.3, -0.25) is 4.90 Å². The molecule has 2 nitrogen and oxygen atoms in total. The number of alkyl halides is 3. The summed E-state index contributed by atoms with van der Waals surface area (Å²) in [5.74, 6) is -0.771. The van der Waals surface area contributed by atoms with Crippen molar-refractivity contribution in [2.45, 2.75) is 25.1 Å². The summed E-state index contributed by atoms with van der Waals surface area (Å²) in [5.41, 5.74) is -0.911. The van der Waals surface area contributed by atoms with E-state index >= 15 is 0 Å². The van der Waals surface area contributed by atoms with Crippen LogP contribution in [0.3, 0.4) is 0 Å². The van der Waals surface area contributed by atoms with Crippen LogP contribution in [0.2, 0.25) is 5.02 Å². The molecule has 1 saturated heterocycles. The fraction of sp³-hybridized carbons (Fsp3) is 0.500. The molecule has 0 radical (unpaired) electrons. The van der Waals surface area contributed by atoms with Crippen molar-refractivity contribution in [1.82, 2.24) is 10.2 Å². The van der Waals surface area contributed by atoms with Crippen molar-refractivity contribution in [3.8, 4) is 0 Å². The van der Waals surface area contributed by atoms with E-state index in [0.717, 1.165) is 19.2 Å². The molecule has 1 atom stereocenters. The van der Waals surface area contributed by atoms with Gasteiger partial charge >= 0.3 is 6.18 Å². The Kier molecular flexibility index (Phi) is 10.4. The Morgan fingerprint density at radius 1 is 1.24 bits per heavy atom. The highest BCUT2D eigenvalue weighted by Crippen LogP contribution is 2.37. The third-order valence-corrected chi connectivity index (χ3v) is 4.25. The van der Waals surface area contributed by atoms with E-state index in [1.165, 1.54) is 0 Å². The van der Waals surface area contributed by atoms with E-state index in [1.54, 1.807) is 6.08 Å². The average Bonchev–Trinajstić information content (AvgIpc) is 2.51. The molecule has 1 N–H and O–H groups in total. The summed E-state index contributed by atoms with van der Waals surface area (Å²) in [6.07, 6.45) is -1.79. The van der Waals surface area contributed by atoms with Crippen LogP contribution in [0.5, 0.6) is 0 Å². The lowest BCUT2D eigenvalue weighted by molar-refractivity contribution is -0.137. The molecule has 1 heterocycles. The summed E-state index contributed by atoms with van der Waals surface area (Å²) in [4.78, 5) is 1.99. The van der Waals surface area contributed by atoms with E-state index in [0.29, 0.717) is 32.0 Å². The lowest BCUT2D eigenvalue weighted by atomic mass is 9.96. The molecule has 1 aromatic rings. The number of nitrogens with zero attached hydrogens (tertiary/aromatic N) is 1. The quantitative estimate of drug-likeness (QED) is 0.514. The fourth-order valence-electron chi connectivity index (χ4n) is 2.82. The normalized spacial score (nSPS) is 16.5. The largest absolute Gasteiger partial charge is 0.416 e. The Morgan fingerprint density at radius 3 is 2.36 bits per heavy atom. The van der Waals surface area contributed by atoms with Crippen LogP contribution in [-0.2, 0) is 6.18 Å². The minimum absolute atomic E-state index is 0. The molecular formula is C16H21Cl3F4N2. The fourth-order valence-corrected chi connectivity index (χ4v) is 3.05. The van der Waals surface area contributed by atoms with Gasteiger partial charge in [0, 0.05) is 37.8 Å². The smallest absolute Gasteiger partial charge is 0.314 e. The molecule has 25 heavy (non-hydrogen) atoms. The van der Waals surface area contributed by atoms with Gasteiger partial charge in [-0.05, 0) is 25.0 Å². The molecule has 0 bridgehead atoms. The molecule has 0 aliphatic carbocycles. The number of benzene rings is 1. The van der Waals surface area contributed by atoms with Crippen molar-refractivity contribution < 1.29 is 17.6 Å². The van der Waals surface area contributed by atoms with Gasteiger partial charge in [0.15, 0.2) is 0 Å². The number of nitrogens with one attached hydrogen (secondary N) is 1. The van der Waals surface area contributed by atoms with Crippen molar-refractivity contribution in [3.05, 3.63) is 46.8 Å². The first kappa shape index (κ1) is 24.5. The SMILES string of the molecule is C=CCC[C@H](c1cc(C(F)(F)F)cc(Cl)c1F)N1CCNCC1.Cl.Cl. The van der Waals surface area contributed by atoms with E-state index in [1.807, 2.05) is 4.90 Å². The third-order valence-electron chi connectivity index (χ3n) is 3.98. The van der Waals surface area contributed by atoms with Gasteiger partial charge in [-0.15, -0.1) is 31.4 Å². The molecule has 0 amide bonds. The molecule has 0 saturated carbocycles. The van der Waals surface area contributed by atoms with Crippen LogP contribution in [0.4, 0.5) is 17.6 Å². The average molecular weight is 424 g/mol. The number of hydrogen-bond donors (Lipinski definition) is 1. The molecule has 2 rings (SSSR count). The van der Waals surface area contributed by atoms with Gasteiger partial charge in [0.25, 0.3) is 0 Å². The molecule has 9 heteroatoms. The Bertz CT molecular complexity index is 561. The van der Waals surface area contributed by atoms with Crippen molar-refractivity contribution in [2.75, 3.05) is 26.2 Å². The van der Waals surface area contributed by atoms with E-state index in [4.69, 9.17) is 11.6 Å². The summed E-state index contributed by atoms with van der Waals surface area (Å²) in [6.45, 7) is 6.38. The van der Waals surface area contributed by atoms with E-state index in [-0.39, 0.29) is 30.4 Å². The highest BCUT2D eigenvalue weighted by Gasteiger charge is 2.34. The standard InChI is InChI=1S/C16H19ClF4N2.2ClH/c1-2-3-4-14(23-7-5-22-6-8-23)12-9-11(16(19,20)21)10-13(17)15(12)18;;/h2,9-10,14,22H,1,3-8H2;2*1H/t14-;;/m1../s1. The maximum Gasteiger partial charge on any atom is 0.416 e. The van der Waals surface area contributed by atoms with Crippen LogP contribution in [0.1, 0.15) is 30.0 Å². The van der Waals surface area contributed by atoms with Crippen molar-refractivity contribution >= 4 is 36.4 Å². The molecular weight excluding hydrogens is 403 g/mol. The zero-order valence-corrected chi connectivity index (χ0v) is 15.8. The molecule has 0 aromatic heterocycles. The summed E-state index contributed by atoms with van der Waals surface area (Å²) < 4.78 is 53.5. The third kappa shape index (κ3) is 6.29. The number of rotatable bonds is 5. The Labute approximate surface area is 162 Å². The highest BCUT2D eigenvalue weighted by atomic mass is 35.5. The van der Waals surface area contributed by atoms with Gasteiger partial charge in [-0.1, -0.05) is 17.7 Å². The van der Waals surface area contributed by atoms with Gasteiger partial charge in [0.05, 0.1) is 10.6 Å². The van der Waals surface area contributed by atoms with Gasteiger partial charge in [0.2, 0.25) is 0 Å². The van der Waals surface area contributed by atoms with Gasteiger partial charge < -0.3 is 5.32 Å². The molecule has 0 spiro atoms. The second-order valence-corrected chi connectivity index (χ2v) is 5.93. The first-order chi connectivity index (χ1) is 10.8. The Hall–Kier alpha value is -0.530. The maximum atomic E-state index is 14.4. The first-order valence-corrected chi connectivity index (χ1v) is 7.84. The molecule has 1 aromatic carbocycles. The predicted molar refractivity (Wildman–Crippen MR) is 97.5 cm³/mol. The highest BCUT2D eigenvalue weighted by molar-refractivity contribution is 6.30. The second-order valence-electron chi connectivity index (χ2n) is 5.53. The number of halogens is 7. The summed E-state index contributed by atoms with van der Waals surface area (Å²) in [5, 5.41) is 2.69.